The summed E-state index contributed by atoms with van der Waals surface area (Å²) in [5.74, 6) is -0.530. The number of rotatable bonds is 7. The highest BCUT2D eigenvalue weighted by atomic mass is 79.9. The summed E-state index contributed by atoms with van der Waals surface area (Å²) in [4.78, 5) is 24.2. The first-order chi connectivity index (χ1) is 13.1. The van der Waals surface area contributed by atoms with Gasteiger partial charge in [-0.25, -0.2) is 0 Å². The summed E-state index contributed by atoms with van der Waals surface area (Å²) in [6, 6.07) is 16.8. The summed E-state index contributed by atoms with van der Waals surface area (Å²) in [5, 5.41) is 9.68. The van der Waals surface area contributed by atoms with Gasteiger partial charge in [-0.05, 0) is 35.4 Å². The van der Waals surface area contributed by atoms with Crippen molar-refractivity contribution in [3.8, 4) is 0 Å². The Bertz CT molecular complexity index is 925. The number of aromatic nitrogens is 2. The zero-order valence-corrected chi connectivity index (χ0v) is 16.1. The molecule has 7 heteroatoms. The monoisotopic (exact) mass is 426 g/mol. The minimum Gasteiger partial charge on any atom is -0.350 e. The summed E-state index contributed by atoms with van der Waals surface area (Å²) in [6.45, 7) is 0.953. The maximum atomic E-state index is 12.1. The van der Waals surface area contributed by atoms with Crippen LogP contribution in [0, 0.1) is 0 Å². The molecule has 0 aliphatic carbocycles. The molecule has 138 valence electrons. The molecule has 0 saturated heterocycles. The molecule has 0 aliphatic rings. The van der Waals surface area contributed by atoms with Crippen LogP contribution in [0.3, 0.4) is 0 Å². The van der Waals surface area contributed by atoms with E-state index in [9.17, 15) is 9.59 Å². The lowest BCUT2D eigenvalue weighted by atomic mass is 10.1. The van der Waals surface area contributed by atoms with Crippen LogP contribution < -0.4 is 10.6 Å². The van der Waals surface area contributed by atoms with Gasteiger partial charge >= 0.3 is 0 Å². The molecule has 1 aromatic heterocycles. The molecule has 0 aliphatic heterocycles. The van der Waals surface area contributed by atoms with Crippen molar-refractivity contribution in [1.82, 2.24) is 20.4 Å². The van der Waals surface area contributed by atoms with Crippen molar-refractivity contribution in [3.05, 3.63) is 88.2 Å². The van der Waals surface area contributed by atoms with Gasteiger partial charge < -0.3 is 10.6 Å². The van der Waals surface area contributed by atoms with Crippen LogP contribution in [0.15, 0.2) is 71.5 Å². The number of nitrogens with one attached hydrogen (secondary N) is 2. The van der Waals surface area contributed by atoms with Crippen LogP contribution in [-0.2, 0) is 17.9 Å². The summed E-state index contributed by atoms with van der Waals surface area (Å²) < 4.78 is 2.65. The molecule has 2 aromatic carbocycles. The zero-order chi connectivity index (χ0) is 19.1. The van der Waals surface area contributed by atoms with E-state index in [1.54, 1.807) is 24.4 Å². The zero-order valence-electron chi connectivity index (χ0n) is 14.6. The van der Waals surface area contributed by atoms with Gasteiger partial charge in [-0.3, -0.25) is 14.3 Å². The van der Waals surface area contributed by atoms with E-state index in [0.29, 0.717) is 18.7 Å². The van der Waals surface area contributed by atoms with Crippen LogP contribution in [-0.4, -0.2) is 28.1 Å². The Morgan fingerprint density at radius 1 is 1.00 bits per heavy atom. The molecule has 6 nitrogen and oxygen atoms in total. The van der Waals surface area contributed by atoms with E-state index in [-0.39, 0.29) is 18.4 Å². The highest BCUT2D eigenvalue weighted by molar-refractivity contribution is 9.10. The van der Waals surface area contributed by atoms with E-state index < -0.39 is 0 Å². The Kier molecular flexibility index (Phi) is 6.38. The largest absolute Gasteiger partial charge is 0.350 e. The van der Waals surface area contributed by atoms with Gasteiger partial charge in [-0.15, -0.1) is 0 Å². The number of hydrogen-bond donors (Lipinski definition) is 2. The molecule has 2 amide bonds. The molecule has 3 rings (SSSR count). The quantitative estimate of drug-likeness (QED) is 0.609. The van der Waals surface area contributed by atoms with E-state index >= 15 is 0 Å². The lowest BCUT2D eigenvalue weighted by Gasteiger charge is -2.11. The number of carbonyl (C=O) groups is 2. The molecule has 0 atom stereocenters. The van der Waals surface area contributed by atoms with Crippen molar-refractivity contribution in [2.45, 2.75) is 13.1 Å². The first kappa shape index (κ1) is 18.8. The first-order valence-corrected chi connectivity index (χ1v) is 9.26. The highest BCUT2D eigenvalue weighted by Crippen LogP contribution is 2.12. The molecule has 0 radical (unpaired) electrons. The molecular weight excluding hydrogens is 408 g/mol. The molecule has 2 N–H and O–H groups in total. The number of benzene rings is 2. The third-order valence-corrected chi connectivity index (χ3v) is 4.48. The fourth-order valence-corrected chi connectivity index (χ4v) is 3.00. The fraction of sp³-hybridized carbons (Fsp3) is 0.150. The third kappa shape index (κ3) is 5.52. The Morgan fingerprint density at radius 2 is 1.81 bits per heavy atom. The smallest absolute Gasteiger partial charge is 0.251 e. The van der Waals surface area contributed by atoms with Crippen molar-refractivity contribution in [2.75, 3.05) is 6.54 Å². The van der Waals surface area contributed by atoms with E-state index in [1.165, 1.54) is 0 Å². The van der Waals surface area contributed by atoms with Crippen LogP contribution in [0.25, 0.3) is 0 Å². The maximum Gasteiger partial charge on any atom is 0.251 e. The Labute approximate surface area is 165 Å². The summed E-state index contributed by atoms with van der Waals surface area (Å²) >= 11 is 3.32. The topological polar surface area (TPSA) is 76.0 Å². The normalized spacial score (nSPS) is 10.4. The van der Waals surface area contributed by atoms with Gasteiger partial charge in [-0.1, -0.05) is 46.3 Å². The molecule has 0 spiro atoms. The molecule has 27 heavy (non-hydrogen) atoms. The Morgan fingerprint density at radius 3 is 2.56 bits per heavy atom. The third-order valence-electron chi connectivity index (χ3n) is 3.98. The van der Waals surface area contributed by atoms with Crippen LogP contribution in [0.4, 0.5) is 0 Å². The second-order valence-electron chi connectivity index (χ2n) is 5.94. The lowest BCUT2D eigenvalue weighted by Crippen LogP contribution is -2.36. The van der Waals surface area contributed by atoms with E-state index in [4.69, 9.17) is 0 Å². The summed E-state index contributed by atoms with van der Waals surface area (Å²) in [6.07, 6.45) is 3.63. The van der Waals surface area contributed by atoms with Gasteiger partial charge in [-0.2, -0.15) is 5.10 Å². The lowest BCUT2D eigenvalue weighted by molar-refractivity contribution is -0.120. The van der Waals surface area contributed by atoms with Crippen molar-refractivity contribution in [1.29, 1.82) is 0 Å². The van der Waals surface area contributed by atoms with Crippen molar-refractivity contribution in [2.24, 2.45) is 0 Å². The number of nitrogens with zero attached hydrogens (tertiary/aromatic N) is 2. The van der Waals surface area contributed by atoms with Crippen LogP contribution in [0.5, 0.6) is 0 Å². The van der Waals surface area contributed by atoms with Gasteiger partial charge in [0.05, 0.1) is 13.1 Å². The number of carbonyl (C=O) groups excluding carboxylic acids is 2. The molecule has 0 saturated carbocycles. The molecule has 1 heterocycles. The van der Waals surface area contributed by atoms with Gasteiger partial charge in [0.1, 0.15) is 0 Å². The van der Waals surface area contributed by atoms with E-state index in [1.807, 2.05) is 47.3 Å². The molecule has 0 fully saturated rings. The van der Waals surface area contributed by atoms with Crippen LogP contribution >= 0.6 is 15.9 Å². The van der Waals surface area contributed by atoms with Crippen LogP contribution in [0.2, 0.25) is 0 Å². The molecule has 0 unspecified atom stereocenters. The van der Waals surface area contributed by atoms with Gasteiger partial charge in [0, 0.05) is 29.0 Å². The second-order valence-corrected chi connectivity index (χ2v) is 6.86. The average Bonchev–Trinajstić information content (AvgIpc) is 3.18. The number of hydrogen-bond acceptors (Lipinski definition) is 3. The Balaban J connectivity index is 1.51. The second kappa shape index (κ2) is 9.14. The van der Waals surface area contributed by atoms with E-state index in [2.05, 4.69) is 31.7 Å². The predicted octanol–water partition coefficient (Wildman–Crippen LogP) is 2.74. The SMILES string of the molecule is O=C(CNC(=O)c1cccc(Br)c1)NCc1ccccc1Cn1cccn1. The number of amides is 2. The van der Waals surface area contributed by atoms with Crippen molar-refractivity contribution in [3.63, 3.8) is 0 Å². The maximum absolute atomic E-state index is 12.1. The number of halogens is 1. The van der Waals surface area contributed by atoms with Gasteiger partial charge in [0.15, 0.2) is 0 Å². The highest BCUT2D eigenvalue weighted by Gasteiger charge is 2.09. The fourth-order valence-electron chi connectivity index (χ4n) is 2.60. The van der Waals surface area contributed by atoms with Crippen molar-refractivity contribution >= 4 is 27.7 Å². The van der Waals surface area contributed by atoms with Gasteiger partial charge in [0.2, 0.25) is 5.91 Å². The van der Waals surface area contributed by atoms with Crippen molar-refractivity contribution < 1.29 is 9.59 Å². The molecular formula is C20H19BrN4O2. The summed E-state index contributed by atoms with van der Waals surface area (Å²) in [7, 11) is 0. The minimum absolute atomic E-state index is 0.0767. The standard InChI is InChI=1S/C20H19BrN4O2/c21-18-8-3-7-15(11-18)20(27)23-13-19(26)22-12-16-5-1-2-6-17(16)14-25-10-4-9-24-25/h1-11H,12-14H2,(H,22,26)(H,23,27). The minimum atomic E-state index is -0.287. The summed E-state index contributed by atoms with van der Waals surface area (Å²) in [5.41, 5.74) is 2.60. The predicted molar refractivity (Wildman–Crippen MR) is 106 cm³/mol. The van der Waals surface area contributed by atoms with Crippen LogP contribution in [0.1, 0.15) is 21.5 Å². The molecule has 0 bridgehead atoms. The first-order valence-electron chi connectivity index (χ1n) is 8.46. The van der Waals surface area contributed by atoms with E-state index in [0.717, 1.165) is 15.6 Å². The average molecular weight is 427 g/mol. The van der Waals surface area contributed by atoms with Gasteiger partial charge in [0.25, 0.3) is 5.91 Å². The Hall–Kier alpha value is -2.93. The molecule has 3 aromatic rings.